The molecule has 24 heavy (non-hydrogen) atoms. The van der Waals surface area contributed by atoms with E-state index in [2.05, 4.69) is 5.32 Å². The summed E-state index contributed by atoms with van der Waals surface area (Å²) in [5.41, 5.74) is 1.52. The number of anilines is 1. The molecule has 2 aromatic carbocycles. The summed E-state index contributed by atoms with van der Waals surface area (Å²) < 4.78 is 0. The van der Waals surface area contributed by atoms with Crippen LogP contribution in [0, 0.1) is 0 Å². The summed E-state index contributed by atoms with van der Waals surface area (Å²) in [5.74, 6) is -0.427. The van der Waals surface area contributed by atoms with Crippen LogP contribution < -0.4 is 10.2 Å². The number of likely N-dealkylation sites (N-methyl/N-ethyl adjacent to an activating group) is 1. The van der Waals surface area contributed by atoms with Gasteiger partial charge in [0.1, 0.15) is 6.54 Å². The smallest absolute Gasteiger partial charge is 0.265 e. The normalized spacial score (nSPS) is 15.3. The average molecular weight is 359 g/mol. The van der Waals surface area contributed by atoms with Crippen LogP contribution in [0.1, 0.15) is 5.56 Å². The van der Waals surface area contributed by atoms with Crippen LogP contribution in [-0.2, 0) is 9.59 Å². The third-order valence-corrected chi connectivity index (χ3v) is 5.03. The molecule has 1 aliphatic rings. The van der Waals surface area contributed by atoms with Crippen LogP contribution in [-0.4, -0.2) is 25.4 Å². The summed E-state index contributed by atoms with van der Waals surface area (Å²) in [6, 6.07) is 14.9. The maximum absolute atomic E-state index is 12.9. The van der Waals surface area contributed by atoms with E-state index in [9.17, 15) is 9.59 Å². The van der Waals surface area contributed by atoms with Crippen molar-refractivity contribution in [2.75, 3.05) is 18.5 Å². The van der Waals surface area contributed by atoms with Crippen molar-refractivity contribution < 1.29 is 9.59 Å². The highest BCUT2D eigenvalue weighted by Crippen LogP contribution is 2.42. The van der Waals surface area contributed by atoms with Gasteiger partial charge in [-0.1, -0.05) is 53.7 Å². The molecule has 3 rings (SSSR count). The lowest BCUT2D eigenvalue weighted by Gasteiger charge is -2.29. The second kappa shape index (κ2) is 7.11. The fourth-order valence-corrected chi connectivity index (χ4v) is 3.62. The van der Waals surface area contributed by atoms with Crippen molar-refractivity contribution in [3.8, 4) is 0 Å². The fourth-order valence-electron chi connectivity index (χ4n) is 2.38. The van der Waals surface area contributed by atoms with E-state index < -0.39 is 0 Å². The first-order valence-electron chi connectivity index (χ1n) is 7.35. The van der Waals surface area contributed by atoms with Crippen LogP contribution >= 0.6 is 23.4 Å². The minimum Gasteiger partial charge on any atom is -0.358 e. The molecule has 0 unspecified atom stereocenters. The minimum absolute atomic E-state index is 0.0211. The van der Waals surface area contributed by atoms with Crippen molar-refractivity contribution in [2.45, 2.75) is 4.90 Å². The van der Waals surface area contributed by atoms with Gasteiger partial charge in [0.05, 0.1) is 10.6 Å². The molecule has 0 spiro atoms. The van der Waals surface area contributed by atoms with Gasteiger partial charge in [0, 0.05) is 17.0 Å². The molecule has 0 saturated heterocycles. The van der Waals surface area contributed by atoms with Crippen molar-refractivity contribution in [1.82, 2.24) is 5.32 Å². The van der Waals surface area contributed by atoms with Gasteiger partial charge in [0.2, 0.25) is 5.91 Å². The van der Waals surface area contributed by atoms with E-state index >= 15 is 0 Å². The molecular weight excluding hydrogens is 344 g/mol. The molecule has 0 saturated carbocycles. The summed E-state index contributed by atoms with van der Waals surface area (Å²) in [7, 11) is 1.55. The number of fused-ring (bicyclic) bond motifs is 1. The Morgan fingerprint density at radius 1 is 1.21 bits per heavy atom. The van der Waals surface area contributed by atoms with Gasteiger partial charge in [-0.05, 0) is 29.8 Å². The monoisotopic (exact) mass is 358 g/mol. The number of para-hydroxylation sites is 1. The zero-order valence-corrected chi connectivity index (χ0v) is 14.5. The Balaban J connectivity index is 2.03. The third-order valence-electron chi connectivity index (χ3n) is 3.60. The summed E-state index contributed by atoms with van der Waals surface area (Å²) >= 11 is 7.58. The Morgan fingerprint density at radius 3 is 2.67 bits per heavy atom. The first-order valence-corrected chi connectivity index (χ1v) is 8.55. The van der Waals surface area contributed by atoms with Crippen LogP contribution in [0.15, 0.2) is 58.3 Å². The van der Waals surface area contributed by atoms with Crippen molar-refractivity contribution in [2.24, 2.45) is 0 Å². The standard InChI is InChI=1S/C18H15ClN2O2S/c1-20-17(22)11-21-14-8-4-5-9-15(14)24-16(18(21)23)10-12-6-2-3-7-13(12)19/h2-10H,11H2,1H3,(H,20,22)/b16-10+. The molecule has 0 radical (unpaired) electrons. The number of rotatable bonds is 3. The lowest BCUT2D eigenvalue weighted by atomic mass is 10.2. The Labute approximate surface area is 149 Å². The highest BCUT2D eigenvalue weighted by Gasteiger charge is 2.30. The van der Waals surface area contributed by atoms with Crippen LogP contribution in [0.2, 0.25) is 5.02 Å². The number of hydrogen-bond acceptors (Lipinski definition) is 3. The number of thioether (sulfide) groups is 1. The third kappa shape index (κ3) is 3.32. The molecule has 0 aliphatic carbocycles. The SMILES string of the molecule is CNC(=O)CN1C(=O)/C(=C\c2ccccc2Cl)Sc2ccccc21. The zero-order chi connectivity index (χ0) is 17.1. The summed E-state index contributed by atoms with van der Waals surface area (Å²) in [6.07, 6.45) is 1.77. The zero-order valence-electron chi connectivity index (χ0n) is 13.0. The number of amides is 2. The van der Waals surface area contributed by atoms with Gasteiger partial charge in [0.15, 0.2) is 0 Å². The summed E-state index contributed by atoms with van der Waals surface area (Å²) in [4.78, 5) is 27.6. The molecule has 6 heteroatoms. The summed E-state index contributed by atoms with van der Waals surface area (Å²) in [6.45, 7) is -0.0211. The minimum atomic E-state index is -0.220. The van der Waals surface area contributed by atoms with E-state index in [1.54, 1.807) is 19.2 Å². The number of carbonyl (C=O) groups excluding carboxylic acids is 2. The largest absolute Gasteiger partial charge is 0.358 e. The van der Waals surface area contributed by atoms with Crippen LogP contribution in [0.25, 0.3) is 6.08 Å². The van der Waals surface area contributed by atoms with E-state index in [0.717, 1.165) is 16.1 Å². The lowest BCUT2D eigenvalue weighted by molar-refractivity contribution is -0.122. The van der Waals surface area contributed by atoms with Gasteiger partial charge in [-0.15, -0.1) is 0 Å². The van der Waals surface area contributed by atoms with Crippen molar-refractivity contribution in [1.29, 1.82) is 0 Å². The van der Waals surface area contributed by atoms with Gasteiger partial charge >= 0.3 is 0 Å². The van der Waals surface area contributed by atoms with E-state index in [1.165, 1.54) is 16.7 Å². The maximum atomic E-state index is 12.9. The maximum Gasteiger partial charge on any atom is 0.265 e. The number of nitrogens with one attached hydrogen (secondary N) is 1. The number of hydrogen-bond donors (Lipinski definition) is 1. The molecule has 0 bridgehead atoms. The van der Waals surface area contributed by atoms with Gasteiger partial charge in [-0.25, -0.2) is 0 Å². The van der Waals surface area contributed by atoms with Gasteiger partial charge in [-0.3, -0.25) is 14.5 Å². The predicted octanol–water partition coefficient (Wildman–Crippen LogP) is 3.57. The average Bonchev–Trinajstić information content (AvgIpc) is 2.60. The first-order chi connectivity index (χ1) is 11.6. The Hall–Kier alpha value is -2.24. The Kier molecular flexibility index (Phi) is 4.92. The van der Waals surface area contributed by atoms with Crippen LogP contribution in [0.3, 0.4) is 0 Å². The van der Waals surface area contributed by atoms with E-state index in [0.29, 0.717) is 9.93 Å². The van der Waals surface area contributed by atoms with Crippen molar-refractivity contribution in [3.63, 3.8) is 0 Å². The molecule has 0 fully saturated rings. The molecular formula is C18H15ClN2O2S. The van der Waals surface area contributed by atoms with Gasteiger partial charge in [0.25, 0.3) is 5.91 Å². The van der Waals surface area contributed by atoms with Gasteiger partial charge < -0.3 is 5.32 Å². The summed E-state index contributed by atoms with van der Waals surface area (Å²) in [5, 5.41) is 3.14. The molecule has 0 atom stereocenters. The second-order valence-corrected chi connectivity index (χ2v) is 6.66. The molecule has 122 valence electrons. The fraction of sp³-hybridized carbons (Fsp3) is 0.111. The number of benzene rings is 2. The predicted molar refractivity (Wildman–Crippen MR) is 98.1 cm³/mol. The Morgan fingerprint density at radius 2 is 1.92 bits per heavy atom. The molecule has 1 aliphatic heterocycles. The Bertz CT molecular complexity index is 835. The van der Waals surface area contributed by atoms with E-state index in [4.69, 9.17) is 11.6 Å². The molecule has 1 heterocycles. The second-order valence-electron chi connectivity index (χ2n) is 5.16. The van der Waals surface area contributed by atoms with Gasteiger partial charge in [-0.2, -0.15) is 0 Å². The highest BCUT2D eigenvalue weighted by atomic mass is 35.5. The lowest BCUT2D eigenvalue weighted by Crippen LogP contribution is -2.41. The number of halogens is 1. The number of nitrogens with zero attached hydrogens (tertiary/aromatic N) is 1. The molecule has 2 aromatic rings. The van der Waals surface area contributed by atoms with Crippen molar-refractivity contribution >= 4 is 46.9 Å². The molecule has 0 aromatic heterocycles. The first kappa shape index (κ1) is 16.6. The number of carbonyl (C=O) groups is 2. The topological polar surface area (TPSA) is 49.4 Å². The highest BCUT2D eigenvalue weighted by molar-refractivity contribution is 8.04. The molecule has 4 nitrogen and oxygen atoms in total. The quantitative estimate of drug-likeness (QED) is 0.853. The van der Waals surface area contributed by atoms with E-state index in [1.807, 2.05) is 42.5 Å². The van der Waals surface area contributed by atoms with Crippen LogP contribution in [0.4, 0.5) is 5.69 Å². The molecule has 1 N–H and O–H groups in total. The van der Waals surface area contributed by atoms with Crippen molar-refractivity contribution in [3.05, 3.63) is 64.0 Å². The molecule has 2 amide bonds. The van der Waals surface area contributed by atoms with Crippen LogP contribution in [0.5, 0.6) is 0 Å². The van der Waals surface area contributed by atoms with E-state index in [-0.39, 0.29) is 18.4 Å².